The third kappa shape index (κ3) is 3.78. The van der Waals surface area contributed by atoms with Crippen LogP contribution in [-0.4, -0.2) is 44.1 Å². The van der Waals surface area contributed by atoms with Crippen molar-refractivity contribution in [1.29, 1.82) is 0 Å². The van der Waals surface area contributed by atoms with Crippen molar-refractivity contribution in [3.05, 3.63) is 54.1 Å². The number of nitrogens with zero attached hydrogens (tertiary/aromatic N) is 1. The number of anilines is 2. The van der Waals surface area contributed by atoms with Crippen LogP contribution in [0.2, 0.25) is 0 Å². The van der Waals surface area contributed by atoms with E-state index in [2.05, 4.69) is 16.0 Å². The highest BCUT2D eigenvalue weighted by Crippen LogP contribution is 2.38. The van der Waals surface area contributed by atoms with Crippen molar-refractivity contribution in [3.63, 3.8) is 0 Å². The molecule has 152 valence electrons. The van der Waals surface area contributed by atoms with Gasteiger partial charge in [-0.05, 0) is 44.1 Å². The van der Waals surface area contributed by atoms with E-state index in [4.69, 9.17) is 4.74 Å². The quantitative estimate of drug-likeness (QED) is 0.722. The number of ether oxygens (including phenoxy) is 1. The highest BCUT2D eigenvalue weighted by Gasteiger charge is 2.46. The minimum Gasteiger partial charge on any atom is -0.496 e. The van der Waals surface area contributed by atoms with Crippen molar-refractivity contribution < 1.29 is 14.3 Å². The number of rotatable bonds is 5. The second kappa shape index (κ2) is 8.13. The smallest absolute Gasteiger partial charge is 0.253 e. The van der Waals surface area contributed by atoms with Crippen LogP contribution in [0.5, 0.6) is 5.75 Å². The number of amides is 2. The fourth-order valence-corrected chi connectivity index (χ4v) is 4.09. The van der Waals surface area contributed by atoms with Gasteiger partial charge in [0.05, 0.1) is 18.5 Å². The second-order valence-electron chi connectivity index (χ2n) is 7.45. The molecule has 2 aromatic rings. The SMILES string of the molecule is COc1ccccc1CNC(=O)CN1C(=O)C2(CCNCC2)Nc2ccccc21. The van der Waals surface area contributed by atoms with E-state index in [0.717, 1.165) is 35.8 Å². The summed E-state index contributed by atoms with van der Waals surface area (Å²) in [5.41, 5.74) is 1.88. The third-order valence-corrected chi connectivity index (χ3v) is 5.65. The van der Waals surface area contributed by atoms with Gasteiger partial charge in [0.1, 0.15) is 17.8 Å². The van der Waals surface area contributed by atoms with Crippen molar-refractivity contribution in [1.82, 2.24) is 10.6 Å². The van der Waals surface area contributed by atoms with Gasteiger partial charge < -0.3 is 20.7 Å². The lowest BCUT2D eigenvalue weighted by Crippen LogP contribution is -2.62. The molecule has 7 heteroatoms. The maximum atomic E-state index is 13.4. The largest absolute Gasteiger partial charge is 0.496 e. The van der Waals surface area contributed by atoms with E-state index in [9.17, 15) is 9.59 Å². The lowest BCUT2D eigenvalue weighted by Gasteiger charge is -2.45. The van der Waals surface area contributed by atoms with Crippen LogP contribution in [0.1, 0.15) is 18.4 Å². The summed E-state index contributed by atoms with van der Waals surface area (Å²) in [6.45, 7) is 1.88. The highest BCUT2D eigenvalue weighted by molar-refractivity contribution is 6.10. The minimum atomic E-state index is -0.650. The molecule has 0 bridgehead atoms. The molecule has 2 aliphatic rings. The first-order valence-corrected chi connectivity index (χ1v) is 9.91. The molecule has 0 aliphatic carbocycles. The first kappa shape index (κ1) is 19.3. The Balaban J connectivity index is 1.51. The molecule has 2 aromatic carbocycles. The molecular formula is C22H26N4O3. The van der Waals surface area contributed by atoms with Crippen LogP contribution in [0.4, 0.5) is 11.4 Å². The zero-order valence-electron chi connectivity index (χ0n) is 16.5. The van der Waals surface area contributed by atoms with E-state index in [1.807, 2.05) is 48.5 Å². The van der Waals surface area contributed by atoms with E-state index in [1.165, 1.54) is 0 Å². The van der Waals surface area contributed by atoms with Crippen molar-refractivity contribution in [3.8, 4) is 5.75 Å². The molecule has 0 radical (unpaired) electrons. The van der Waals surface area contributed by atoms with Gasteiger partial charge in [-0.2, -0.15) is 0 Å². The van der Waals surface area contributed by atoms with Crippen molar-refractivity contribution >= 4 is 23.2 Å². The number of para-hydroxylation sites is 3. The Morgan fingerprint density at radius 2 is 1.86 bits per heavy atom. The Kier molecular flexibility index (Phi) is 5.40. The zero-order valence-corrected chi connectivity index (χ0v) is 16.5. The molecule has 0 atom stereocenters. The number of nitrogens with one attached hydrogen (secondary N) is 3. The summed E-state index contributed by atoms with van der Waals surface area (Å²) in [5, 5.41) is 9.68. The van der Waals surface area contributed by atoms with Crippen molar-refractivity contribution in [2.24, 2.45) is 0 Å². The van der Waals surface area contributed by atoms with Crippen LogP contribution in [0.15, 0.2) is 48.5 Å². The van der Waals surface area contributed by atoms with Gasteiger partial charge in [-0.1, -0.05) is 30.3 Å². The Morgan fingerprint density at radius 3 is 2.66 bits per heavy atom. The zero-order chi connectivity index (χ0) is 20.3. The Bertz CT molecular complexity index is 908. The Morgan fingerprint density at radius 1 is 1.14 bits per heavy atom. The molecule has 2 amide bonds. The van der Waals surface area contributed by atoms with Gasteiger partial charge in [-0.15, -0.1) is 0 Å². The van der Waals surface area contributed by atoms with E-state index < -0.39 is 5.54 Å². The normalized spacial score (nSPS) is 17.4. The monoisotopic (exact) mass is 394 g/mol. The molecule has 0 aromatic heterocycles. The molecule has 2 aliphatic heterocycles. The van der Waals surface area contributed by atoms with Gasteiger partial charge in [-0.3, -0.25) is 14.5 Å². The molecule has 1 fully saturated rings. The predicted molar refractivity (Wildman–Crippen MR) is 112 cm³/mol. The van der Waals surface area contributed by atoms with Gasteiger partial charge in [0, 0.05) is 12.1 Å². The highest BCUT2D eigenvalue weighted by atomic mass is 16.5. The number of hydrogen-bond acceptors (Lipinski definition) is 5. The van der Waals surface area contributed by atoms with Crippen LogP contribution in [0.3, 0.4) is 0 Å². The van der Waals surface area contributed by atoms with E-state index in [0.29, 0.717) is 19.4 Å². The number of benzene rings is 2. The average molecular weight is 394 g/mol. The second-order valence-corrected chi connectivity index (χ2v) is 7.45. The summed E-state index contributed by atoms with van der Waals surface area (Å²) in [4.78, 5) is 27.8. The summed E-state index contributed by atoms with van der Waals surface area (Å²) in [7, 11) is 1.61. The third-order valence-electron chi connectivity index (χ3n) is 5.65. The van der Waals surface area contributed by atoms with Gasteiger partial charge >= 0.3 is 0 Å². The summed E-state index contributed by atoms with van der Waals surface area (Å²) < 4.78 is 5.34. The van der Waals surface area contributed by atoms with Crippen molar-refractivity contribution in [2.75, 3.05) is 37.0 Å². The van der Waals surface area contributed by atoms with Crippen LogP contribution < -0.4 is 25.6 Å². The molecule has 2 heterocycles. The summed E-state index contributed by atoms with van der Waals surface area (Å²) in [6.07, 6.45) is 1.39. The number of fused-ring (bicyclic) bond motifs is 1. The van der Waals surface area contributed by atoms with Gasteiger partial charge in [-0.25, -0.2) is 0 Å². The number of carbonyl (C=O) groups excluding carboxylic acids is 2. The predicted octanol–water partition coefficient (Wildman–Crippen LogP) is 1.89. The molecule has 7 nitrogen and oxygen atoms in total. The number of carbonyl (C=O) groups is 2. The molecule has 0 saturated carbocycles. The summed E-state index contributed by atoms with van der Waals surface area (Å²) >= 11 is 0. The molecule has 0 unspecified atom stereocenters. The standard InChI is InChI=1S/C22H26N4O3/c1-29-19-9-5-2-6-16(19)14-24-20(27)15-26-18-8-4-3-7-17(18)25-22(21(26)28)10-12-23-13-11-22/h2-9,23,25H,10-15H2,1H3,(H,24,27). The van der Waals surface area contributed by atoms with E-state index in [1.54, 1.807) is 12.0 Å². The topological polar surface area (TPSA) is 82.7 Å². The molecule has 1 spiro atoms. The minimum absolute atomic E-state index is 0.0120. The fourth-order valence-electron chi connectivity index (χ4n) is 4.09. The molecular weight excluding hydrogens is 368 g/mol. The van der Waals surface area contributed by atoms with Gasteiger partial charge in [0.25, 0.3) is 5.91 Å². The Labute approximate surface area is 170 Å². The Hall–Kier alpha value is -3.06. The van der Waals surface area contributed by atoms with Crippen LogP contribution in [-0.2, 0) is 16.1 Å². The fraction of sp³-hybridized carbons (Fsp3) is 0.364. The van der Waals surface area contributed by atoms with Gasteiger partial charge in [0.2, 0.25) is 5.91 Å². The average Bonchev–Trinajstić information content (AvgIpc) is 2.76. The maximum absolute atomic E-state index is 13.4. The van der Waals surface area contributed by atoms with E-state index in [-0.39, 0.29) is 18.4 Å². The number of methoxy groups -OCH3 is 1. The van der Waals surface area contributed by atoms with Crippen LogP contribution in [0.25, 0.3) is 0 Å². The molecule has 1 saturated heterocycles. The van der Waals surface area contributed by atoms with Crippen molar-refractivity contribution in [2.45, 2.75) is 24.9 Å². The summed E-state index contributed by atoms with van der Waals surface area (Å²) in [6, 6.07) is 15.2. The lowest BCUT2D eigenvalue weighted by molar-refractivity contribution is -0.127. The van der Waals surface area contributed by atoms with Crippen LogP contribution >= 0.6 is 0 Å². The number of hydrogen-bond donors (Lipinski definition) is 3. The first-order chi connectivity index (χ1) is 14.1. The van der Waals surface area contributed by atoms with Gasteiger partial charge in [0.15, 0.2) is 0 Å². The summed E-state index contributed by atoms with van der Waals surface area (Å²) in [5.74, 6) is 0.486. The molecule has 3 N–H and O–H groups in total. The van der Waals surface area contributed by atoms with Crippen LogP contribution in [0, 0.1) is 0 Å². The molecule has 4 rings (SSSR count). The first-order valence-electron chi connectivity index (χ1n) is 9.91. The maximum Gasteiger partial charge on any atom is 0.253 e. The molecule has 29 heavy (non-hydrogen) atoms. The number of piperidine rings is 1. The lowest BCUT2D eigenvalue weighted by atomic mass is 9.84. The van der Waals surface area contributed by atoms with E-state index >= 15 is 0 Å².